The van der Waals surface area contributed by atoms with Gasteiger partial charge in [-0.05, 0) is 68.0 Å². The van der Waals surface area contributed by atoms with E-state index in [4.69, 9.17) is 0 Å². The standard InChI is InChI=1S/C24H21F6N3O2/c25-23(26,27)17-2-1-3-19-15(17)11-16(21(34)31-19)22(35)32-20-9-8-14(10-18(20)24(28,29)30)33-12-4-5-13(33)7-6-12/h1-3,8-10,12-13,16H,4-7,11H2,(H,31,34)(H,32,35). The van der Waals surface area contributed by atoms with Crippen LogP contribution in [0.25, 0.3) is 0 Å². The van der Waals surface area contributed by atoms with Gasteiger partial charge in [0, 0.05) is 23.5 Å². The predicted molar refractivity (Wildman–Crippen MR) is 116 cm³/mol. The minimum atomic E-state index is -4.79. The Labute approximate surface area is 196 Å². The van der Waals surface area contributed by atoms with Crippen molar-refractivity contribution in [3.8, 4) is 0 Å². The Morgan fingerprint density at radius 3 is 2.14 bits per heavy atom. The third-order valence-electron chi connectivity index (χ3n) is 7.10. The first-order valence-electron chi connectivity index (χ1n) is 11.2. The molecular formula is C24H21F6N3O2. The summed E-state index contributed by atoms with van der Waals surface area (Å²) < 4.78 is 82.0. The molecule has 2 N–H and O–H groups in total. The summed E-state index contributed by atoms with van der Waals surface area (Å²) in [4.78, 5) is 27.3. The van der Waals surface area contributed by atoms with Crippen molar-refractivity contribution in [1.82, 2.24) is 0 Å². The molecule has 5 rings (SSSR count). The maximum absolute atomic E-state index is 13.9. The van der Waals surface area contributed by atoms with E-state index in [1.807, 2.05) is 4.90 Å². The van der Waals surface area contributed by atoms with Crippen molar-refractivity contribution < 1.29 is 35.9 Å². The second kappa shape index (κ2) is 8.17. The molecule has 1 atom stereocenters. The largest absolute Gasteiger partial charge is 0.418 e. The number of anilines is 3. The van der Waals surface area contributed by atoms with Gasteiger partial charge < -0.3 is 15.5 Å². The highest BCUT2D eigenvalue weighted by Crippen LogP contribution is 2.44. The van der Waals surface area contributed by atoms with Gasteiger partial charge in [0.15, 0.2) is 0 Å². The fourth-order valence-corrected chi connectivity index (χ4v) is 5.51. The first kappa shape index (κ1) is 23.5. The minimum Gasteiger partial charge on any atom is -0.366 e. The predicted octanol–water partition coefficient (Wildman–Crippen LogP) is 5.60. The summed E-state index contributed by atoms with van der Waals surface area (Å²) in [5.41, 5.74) is -2.55. The Kier molecular flexibility index (Phi) is 5.48. The first-order chi connectivity index (χ1) is 16.4. The Hall–Kier alpha value is -3.24. The van der Waals surface area contributed by atoms with Crippen molar-refractivity contribution in [3.63, 3.8) is 0 Å². The van der Waals surface area contributed by atoms with Gasteiger partial charge in [-0.2, -0.15) is 26.3 Å². The average molecular weight is 497 g/mol. The van der Waals surface area contributed by atoms with E-state index >= 15 is 0 Å². The molecule has 1 unspecified atom stereocenters. The number of hydrogen-bond acceptors (Lipinski definition) is 3. The first-order valence-corrected chi connectivity index (χ1v) is 11.2. The van der Waals surface area contributed by atoms with Crippen LogP contribution in [-0.4, -0.2) is 23.9 Å². The number of benzene rings is 2. The average Bonchev–Trinajstić information content (AvgIpc) is 3.37. The number of rotatable bonds is 3. The molecule has 35 heavy (non-hydrogen) atoms. The highest BCUT2D eigenvalue weighted by molar-refractivity contribution is 6.12. The number of carbonyl (C=O) groups is 2. The molecule has 2 fully saturated rings. The molecule has 5 nitrogen and oxygen atoms in total. The highest BCUT2D eigenvalue weighted by Gasteiger charge is 2.43. The molecule has 0 radical (unpaired) electrons. The lowest BCUT2D eigenvalue weighted by molar-refractivity contribution is -0.139. The van der Waals surface area contributed by atoms with Crippen LogP contribution >= 0.6 is 0 Å². The topological polar surface area (TPSA) is 61.4 Å². The summed E-state index contributed by atoms with van der Waals surface area (Å²) in [5, 5.41) is 4.41. The molecule has 0 aliphatic carbocycles. The normalized spacial score (nSPS) is 23.8. The van der Waals surface area contributed by atoms with Crippen molar-refractivity contribution in [2.45, 2.75) is 56.5 Å². The van der Waals surface area contributed by atoms with E-state index in [0.29, 0.717) is 5.69 Å². The Balaban J connectivity index is 1.42. The van der Waals surface area contributed by atoms with Crippen LogP contribution in [0.3, 0.4) is 0 Å². The number of hydrogen-bond donors (Lipinski definition) is 2. The molecule has 0 saturated carbocycles. The van der Waals surface area contributed by atoms with Crippen LogP contribution in [0.2, 0.25) is 0 Å². The molecular weight excluding hydrogens is 476 g/mol. The zero-order valence-electron chi connectivity index (χ0n) is 18.3. The van der Waals surface area contributed by atoms with Gasteiger partial charge >= 0.3 is 12.4 Å². The number of alkyl halides is 6. The van der Waals surface area contributed by atoms with E-state index in [1.54, 1.807) is 0 Å². The van der Waals surface area contributed by atoms with Crippen LogP contribution in [0.4, 0.5) is 43.4 Å². The van der Waals surface area contributed by atoms with Crippen LogP contribution in [0, 0.1) is 5.92 Å². The van der Waals surface area contributed by atoms with Gasteiger partial charge in [0.05, 0.1) is 16.8 Å². The Morgan fingerprint density at radius 1 is 0.914 bits per heavy atom. The highest BCUT2D eigenvalue weighted by atomic mass is 19.4. The molecule has 2 saturated heterocycles. The van der Waals surface area contributed by atoms with Crippen molar-refractivity contribution in [2.75, 3.05) is 15.5 Å². The van der Waals surface area contributed by atoms with Gasteiger partial charge in [-0.15, -0.1) is 0 Å². The van der Waals surface area contributed by atoms with Gasteiger partial charge in [0.2, 0.25) is 11.8 Å². The molecule has 2 aromatic rings. The fourth-order valence-electron chi connectivity index (χ4n) is 5.51. The van der Waals surface area contributed by atoms with Crippen molar-refractivity contribution in [1.29, 1.82) is 0 Å². The van der Waals surface area contributed by atoms with Crippen molar-refractivity contribution in [2.24, 2.45) is 5.92 Å². The molecule has 3 heterocycles. The van der Waals surface area contributed by atoms with Crippen LogP contribution in [-0.2, 0) is 28.4 Å². The summed E-state index contributed by atoms with van der Waals surface area (Å²) >= 11 is 0. The third-order valence-corrected chi connectivity index (χ3v) is 7.10. The summed E-state index contributed by atoms with van der Waals surface area (Å²) in [5.74, 6) is -3.61. The molecule has 11 heteroatoms. The van der Waals surface area contributed by atoms with E-state index in [9.17, 15) is 35.9 Å². The monoisotopic (exact) mass is 497 g/mol. The lowest BCUT2D eigenvalue weighted by Crippen LogP contribution is -2.39. The summed E-state index contributed by atoms with van der Waals surface area (Å²) in [7, 11) is 0. The zero-order valence-corrected chi connectivity index (χ0v) is 18.3. The maximum atomic E-state index is 13.9. The van der Waals surface area contributed by atoms with E-state index in [1.165, 1.54) is 12.1 Å². The number of amides is 2. The number of nitrogens with one attached hydrogen (secondary N) is 2. The fraction of sp³-hybridized carbons (Fsp3) is 0.417. The Morgan fingerprint density at radius 2 is 1.54 bits per heavy atom. The van der Waals surface area contributed by atoms with Crippen molar-refractivity contribution in [3.05, 3.63) is 53.1 Å². The number of carbonyl (C=O) groups excluding carboxylic acids is 2. The van der Waals surface area contributed by atoms with E-state index in [2.05, 4.69) is 10.6 Å². The molecule has 186 valence electrons. The summed E-state index contributed by atoms with van der Waals surface area (Å²) in [6.07, 6.45) is -6.42. The van der Waals surface area contributed by atoms with Gasteiger partial charge in [0.1, 0.15) is 5.92 Å². The molecule has 0 aromatic heterocycles. The van der Waals surface area contributed by atoms with Crippen LogP contribution in [0.5, 0.6) is 0 Å². The summed E-state index contributed by atoms with van der Waals surface area (Å²) in [6.45, 7) is 0. The quantitative estimate of drug-likeness (QED) is 0.429. The molecule has 2 bridgehead atoms. The molecule has 2 amide bonds. The van der Waals surface area contributed by atoms with Crippen LogP contribution < -0.4 is 15.5 Å². The second-order valence-corrected chi connectivity index (χ2v) is 9.16. The van der Waals surface area contributed by atoms with Crippen molar-refractivity contribution >= 4 is 28.9 Å². The number of fused-ring (bicyclic) bond motifs is 3. The molecule has 0 spiro atoms. The van der Waals surface area contributed by atoms with E-state index in [0.717, 1.165) is 49.9 Å². The third kappa shape index (κ3) is 4.21. The maximum Gasteiger partial charge on any atom is 0.418 e. The lowest BCUT2D eigenvalue weighted by Gasteiger charge is -2.28. The SMILES string of the molecule is O=C(Nc1ccc(N2C3CCC2CC3)cc1C(F)(F)F)C1Cc2c(cccc2C(F)(F)F)NC1=O. The van der Waals surface area contributed by atoms with Gasteiger partial charge in [0.25, 0.3) is 0 Å². The van der Waals surface area contributed by atoms with Gasteiger partial charge in [-0.25, -0.2) is 0 Å². The van der Waals surface area contributed by atoms with E-state index < -0.39 is 53.3 Å². The zero-order chi connectivity index (χ0) is 25.1. The molecule has 3 aliphatic heterocycles. The molecule has 2 aromatic carbocycles. The number of halogens is 6. The van der Waals surface area contributed by atoms with Gasteiger partial charge in [-0.3, -0.25) is 9.59 Å². The smallest absolute Gasteiger partial charge is 0.366 e. The van der Waals surface area contributed by atoms with Crippen LogP contribution in [0.15, 0.2) is 36.4 Å². The van der Waals surface area contributed by atoms with Gasteiger partial charge in [-0.1, -0.05) is 6.07 Å². The molecule has 3 aliphatic rings. The minimum absolute atomic E-state index is 0.0746. The number of nitrogens with zero attached hydrogens (tertiary/aromatic N) is 1. The Bertz CT molecular complexity index is 1170. The summed E-state index contributed by atoms with van der Waals surface area (Å²) in [6, 6.07) is 7.25. The lowest BCUT2D eigenvalue weighted by atomic mass is 9.89. The van der Waals surface area contributed by atoms with E-state index in [-0.39, 0.29) is 23.3 Å². The second-order valence-electron chi connectivity index (χ2n) is 9.16. The van der Waals surface area contributed by atoms with Crippen LogP contribution in [0.1, 0.15) is 42.4 Å².